The SMILES string of the molecule is CC#CC(F)(C=O)CCCC. The molecule has 0 saturated carbocycles. The van der Waals surface area contributed by atoms with Gasteiger partial charge < -0.3 is 0 Å². The average Bonchev–Trinajstić information content (AvgIpc) is 2.02. The van der Waals surface area contributed by atoms with E-state index in [0.29, 0.717) is 12.7 Å². The summed E-state index contributed by atoms with van der Waals surface area (Å²) in [6.45, 7) is 3.48. The molecule has 1 atom stereocenters. The van der Waals surface area contributed by atoms with Crippen molar-refractivity contribution in [3.05, 3.63) is 0 Å². The fourth-order valence-electron chi connectivity index (χ4n) is 0.793. The summed E-state index contributed by atoms with van der Waals surface area (Å²) >= 11 is 0. The maximum Gasteiger partial charge on any atom is 0.225 e. The number of unbranched alkanes of at least 4 members (excludes halogenated alkanes) is 1. The molecular formula is C9H13FO. The third kappa shape index (κ3) is 3.77. The zero-order valence-corrected chi connectivity index (χ0v) is 6.98. The lowest BCUT2D eigenvalue weighted by molar-refractivity contribution is -0.115. The van der Waals surface area contributed by atoms with Gasteiger partial charge in [0.25, 0.3) is 0 Å². The molecule has 0 saturated heterocycles. The quantitative estimate of drug-likeness (QED) is 0.450. The highest BCUT2D eigenvalue weighted by atomic mass is 19.1. The summed E-state index contributed by atoms with van der Waals surface area (Å²) in [5.41, 5.74) is -1.90. The van der Waals surface area contributed by atoms with Crippen molar-refractivity contribution in [1.29, 1.82) is 0 Å². The fraction of sp³-hybridized carbons (Fsp3) is 0.667. The minimum Gasteiger partial charge on any atom is -0.299 e. The van der Waals surface area contributed by atoms with E-state index in [-0.39, 0.29) is 6.42 Å². The molecule has 0 aliphatic heterocycles. The monoisotopic (exact) mass is 156 g/mol. The molecule has 0 rings (SSSR count). The molecule has 2 heteroatoms. The summed E-state index contributed by atoms with van der Waals surface area (Å²) in [6, 6.07) is 0. The molecule has 0 radical (unpaired) electrons. The van der Waals surface area contributed by atoms with Crippen molar-refractivity contribution in [2.75, 3.05) is 0 Å². The Hall–Kier alpha value is -0.840. The number of carbonyl (C=O) groups excluding carboxylic acids is 1. The molecule has 0 aromatic rings. The van der Waals surface area contributed by atoms with Gasteiger partial charge in [-0.2, -0.15) is 0 Å². The van der Waals surface area contributed by atoms with Gasteiger partial charge in [-0.3, -0.25) is 4.79 Å². The number of halogens is 1. The van der Waals surface area contributed by atoms with Crippen LogP contribution in [0.4, 0.5) is 4.39 Å². The van der Waals surface area contributed by atoms with Crippen LogP contribution in [0.15, 0.2) is 0 Å². The first-order chi connectivity index (χ1) is 5.18. The highest BCUT2D eigenvalue weighted by molar-refractivity contribution is 5.68. The second-order valence-electron chi connectivity index (χ2n) is 2.46. The second kappa shape index (κ2) is 4.90. The van der Waals surface area contributed by atoms with Crippen LogP contribution >= 0.6 is 0 Å². The average molecular weight is 156 g/mol. The van der Waals surface area contributed by atoms with Crippen molar-refractivity contribution in [2.24, 2.45) is 0 Å². The summed E-state index contributed by atoms with van der Waals surface area (Å²) in [5.74, 6) is 4.67. The molecule has 0 amide bonds. The second-order valence-corrected chi connectivity index (χ2v) is 2.46. The minimum absolute atomic E-state index is 0.216. The summed E-state index contributed by atoms with van der Waals surface area (Å²) in [7, 11) is 0. The molecule has 0 heterocycles. The summed E-state index contributed by atoms with van der Waals surface area (Å²) in [6.07, 6.45) is 2.09. The molecular weight excluding hydrogens is 143 g/mol. The van der Waals surface area contributed by atoms with Gasteiger partial charge in [-0.05, 0) is 19.8 Å². The largest absolute Gasteiger partial charge is 0.299 e. The first-order valence-electron chi connectivity index (χ1n) is 3.77. The van der Waals surface area contributed by atoms with Gasteiger partial charge in [-0.15, -0.1) is 5.92 Å². The molecule has 0 aromatic carbocycles. The molecule has 62 valence electrons. The molecule has 1 nitrogen and oxygen atoms in total. The lowest BCUT2D eigenvalue weighted by atomic mass is 10.0. The van der Waals surface area contributed by atoms with Crippen LogP contribution in [-0.2, 0) is 4.79 Å². The van der Waals surface area contributed by atoms with Gasteiger partial charge in [-0.25, -0.2) is 4.39 Å². The van der Waals surface area contributed by atoms with Crippen LogP contribution in [0.2, 0.25) is 0 Å². The van der Waals surface area contributed by atoms with E-state index in [9.17, 15) is 9.18 Å². The molecule has 0 N–H and O–H groups in total. The number of aldehydes is 1. The number of carbonyl (C=O) groups is 1. The van der Waals surface area contributed by atoms with E-state index in [4.69, 9.17) is 0 Å². The molecule has 0 aliphatic rings. The standard InChI is InChI=1S/C9H13FO/c1-3-5-7-9(10,8-11)6-4-2/h8H,3,5,7H2,1-2H3. The van der Waals surface area contributed by atoms with Gasteiger partial charge >= 0.3 is 0 Å². The summed E-state index contributed by atoms with van der Waals surface area (Å²) in [5, 5.41) is 0. The van der Waals surface area contributed by atoms with Gasteiger partial charge in [0.15, 0.2) is 6.29 Å². The normalized spacial score (nSPS) is 14.5. The molecule has 0 aliphatic carbocycles. The van der Waals surface area contributed by atoms with Crippen LogP contribution in [0.3, 0.4) is 0 Å². The first-order valence-corrected chi connectivity index (χ1v) is 3.77. The summed E-state index contributed by atoms with van der Waals surface area (Å²) in [4.78, 5) is 10.2. The number of hydrogen-bond donors (Lipinski definition) is 0. The minimum atomic E-state index is -1.90. The van der Waals surface area contributed by atoms with E-state index in [0.717, 1.165) is 6.42 Å². The highest BCUT2D eigenvalue weighted by Crippen LogP contribution is 2.15. The Labute approximate surface area is 67.0 Å². The Morgan fingerprint density at radius 1 is 1.64 bits per heavy atom. The van der Waals surface area contributed by atoms with E-state index in [1.54, 1.807) is 0 Å². The predicted octanol–water partition coefficient (Wildman–Crippen LogP) is 2.11. The molecule has 11 heavy (non-hydrogen) atoms. The Kier molecular flexibility index (Phi) is 4.52. The lowest BCUT2D eigenvalue weighted by Crippen LogP contribution is -2.21. The van der Waals surface area contributed by atoms with E-state index >= 15 is 0 Å². The molecule has 0 bridgehead atoms. The fourth-order valence-corrected chi connectivity index (χ4v) is 0.793. The summed E-state index contributed by atoms with van der Waals surface area (Å²) < 4.78 is 13.2. The zero-order chi connectivity index (χ0) is 8.74. The first kappa shape index (κ1) is 10.2. The van der Waals surface area contributed by atoms with E-state index in [1.807, 2.05) is 6.92 Å². The maximum absolute atomic E-state index is 13.2. The Bertz CT molecular complexity index is 178. The number of hydrogen-bond acceptors (Lipinski definition) is 1. The van der Waals surface area contributed by atoms with Crippen LogP contribution in [0.25, 0.3) is 0 Å². The molecule has 1 unspecified atom stereocenters. The van der Waals surface area contributed by atoms with Gasteiger partial charge in [0, 0.05) is 0 Å². The van der Waals surface area contributed by atoms with Crippen LogP contribution in [-0.4, -0.2) is 12.0 Å². The predicted molar refractivity (Wildman–Crippen MR) is 42.9 cm³/mol. The third-order valence-electron chi connectivity index (χ3n) is 1.41. The van der Waals surface area contributed by atoms with Crippen LogP contribution in [0, 0.1) is 11.8 Å². The van der Waals surface area contributed by atoms with Crippen LogP contribution in [0.1, 0.15) is 33.1 Å². The Balaban J connectivity index is 4.06. The van der Waals surface area contributed by atoms with Crippen molar-refractivity contribution >= 4 is 6.29 Å². The Morgan fingerprint density at radius 2 is 2.27 bits per heavy atom. The smallest absolute Gasteiger partial charge is 0.225 e. The van der Waals surface area contributed by atoms with E-state index in [2.05, 4.69) is 11.8 Å². The highest BCUT2D eigenvalue weighted by Gasteiger charge is 2.24. The van der Waals surface area contributed by atoms with Crippen molar-refractivity contribution in [3.8, 4) is 11.8 Å². The lowest BCUT2D eigenvalue weighted by Gasteiger charge is -2.09. The van der Waals surface area contributed by atoms with Crippen LogP contribution < -0.4 is 0 Å². The molecule has 0 aromatic heterocycles. The number of rotatable bonds is 4. The van der Waals surface area contributed by atoms with Crippen LogP contribution in [0.5, 0.6) is 0 Å². The molecule has 0 spiro atoms. The topological polar surface area (TPSA) is 17.1 Å². The van der Waals surface area contributed by atoms with Gasteiger partial charge in [-0.1, -0.05) is 19.3 Å². The van der Waals surface area contributed by atoms with Gasteiger partial charge in [0.05, 0.1) is 0 Å². The van der Waals surface area contributed by atoms with E-state index < -0.39 is 5.67 Å². The van der Waals surface area contributed by atoms with E-state index in [1.165, 1.54) is 6.92 Å². The third-order valence-corrected chi connectivity index (χ3v) is 1.41. The van der Waals surface area contributed by atoms with Crippen molar-refractivity contribution < 1.29 is 9.18 Å². The maximum atomic E-state index is 13.2. The van der Waals surface area contributed by atoms with Gasteiger partial charge in [0.1, 0.15) is 0 Å². The number of alkyl halides is 1. The van der Waals surface area contributed by atoms with Crippen molar-refractivity contribution in [3.63, 3.8) is 0 Å². The zero-order valence-electron chi connectivity index (χ0n) is 6.98. The Morgan fingerprint density at radius 3 is 2.64 bits per heavy atom. The van der Waals surface area contributed by atoms with Gasteiger partial charge in [0.2, 0.25) is 5.67 Å². The molecule has 0 fully saturated rings. The van der Waals surface area contributed by atoms with Crippen molar-refractivity contribution in [2.45, 2.75) is 38.8 Å². The van der Waals surface area contributed by atoms with Crippen molar-refractivity contribution in [1.82, 2.24) is 0 Å².